The Morgan fingerprint density at radius 1 is 0.667 bits per heavy atom. The standard InChI is InChI=1S/C18H14/c1-2-6-15(7-3-1)10-11-16-12-13-17-8-4-5-9-18(17)14-16/h1-3,6-9,12-14H,4-5H2. The summed E-state index contributed by atoms with van der Waals surface area (Å²) in [5.74, 6) is 6.42. The predicted molar refractivity (Wildman–Crippen MR) is 76.3 cm³/mol. The normalized spacial score (nSPS) is 12.4. The lowest BCUT2D eigenvalue weighted by Crippen LogP contribution is -2.26. The maximum atomic E-state index is 3.23. The summed E-state index contributed by atoms with van der Waals surface area (Å²) in [5, 5.41) is 2.66. The highest BCUT2D eigenvalue weighted by Crippen LogP contribution is 1.99. The van der Waals surface area contributed by atoms with Crippen molar-refractivity contribution < 1.29 is 0 Å². The first-order valence-electron chi connectivity index (χ1n) is 6.29. The molecule has 0 saturated carbocycles. The maximum absolute atomic E-state index is 3.23. The average Bonchev–Trinajstić information content (AvgIpc) is 2.46. The Labute approximate surface area is 107 Å². The van der Waals surface area contributed by atoms with E-state index in [9.17, 15) is 0 Å². The minimum Gasteiger partial charge on any atom is -0.0764 e. The molecule has 0 aliphatic heterocycles. The second-order valence-electron chi connectivity index (χ2n) is 4.45. The van der Waals surface area contributed by atoms with Gasteiger partial charge in [0.1, 0.15) is 0 Å². The summed E-state index contributed by atoms with van der Waals surface area (Å²) in [5.41, 5.74) is 2.15. The lowest BCUT2D eigenvalue weighted by Gasteiger charge is -1.99. The first-order chi connectivity index (χ1) is 8.92. The summed E-state index contributed by atoms with van der Waals surface area (Å²) in [7, 11) is 0. The number of fused-ring (bicyclic) bond motifs is 1. The third-order valence-corrected chi connectivity index (χ3v) is 3.11. The molecule has 0 heteroatoms. The summed E-state index contributed by atoms with van der Waals surface area (Å²) >= 11 is 0. The van der Waals surface area contributed by atoms with Crippen LogP contribution in [0.3, 0.4) is 0 Å². The van der Waals surface area contributed by atoms with Gasteiger partial charge in [-0.1, -0.05) is 48.3 Å². The van der Waals surface area contributed by atoms with Crippen molar-refractivity contribution in [2.24, 2.45) is 0 Å². The van der Waals surface area contributed by atoms with E-state index < -0.39 is 0 Å². The van der Waals surface area contributed by atoms with Crippen molar-refractivity contribution in [3.8, 4) is 11.8 Å². The third kappa shape index (κ3) is 2.36. The molecule has 0 saturated heterocycles. The van der Waals surface area contributed by atoms with E-state index in [1.54, 1.807) is 0 Å². The second-order valence-corrected chi connectivity index (χ2v) is 4.45. The van der Waals surface area contributed by atoms with Crippen LogP contribution in [0.2, 0.25) is 0 Å². The smallest absolute Gasteiger partial charge is 0.0255 e. The number of hydrogen-bond donors (Lipinski definition) is 0. The van der Waals surface area contributed by atoms with Crippen molar-refractivity contribution in [1.29, 1.82) is 0 Å². The van der Waals surface area contributed by atoms with Crippen molar-refractivity contribution in [3.05, 3.63) is 70.1 Å². The van der Waals surface area contributed by atoms with Crippen LogP contribution in [-0.4, -0.2) is 0 Å². The van der Waals surface area contributed by atoms with Crippen LogP contribution in [0.4, 0.5) is 0 Å². The van der Waals surface area contributed by atoms with E-state index >= 15 is 0 Å². The Kier molecular flexibility index (Phi) is 2.98. The molecule has 0 radical (unpaired) electrons. The maximum Gasteiger partial charge on any atom is 0.0255 e. The Bertz CT molecular complexity index is 725. The summed E-state index contributed by atoms with van der Waals surface area (Å²) in [6, 6.07) is 16.6. The van der Waals surface area contributed by atoms with E-state index in [0.29, 0.717) is 0 Å². The van der Waals surface area contributed by atoms with Crippen LogP contribution in [0.15, 0.2) is 48.5 Å². The van der Waals surface area contributed by atoms with E-state index in [-0.39, 0.29) is 0 Å². The fraction of sp³-hybridized carbons (Fsp3) is 0.111. The van der Waals surface area contributed by atoms with Crippen LogP contribution >= 0.6 is 0 Å². The minimum atomic E-state index is 1.06. The summed E-state index contributed by atoms with van der Waals surface area (Å²) in [4.78, 5) is 0. The molecule has 0 unspecified atom stereocenters. The lowest BCUT2D eigenvalue weighted by molar-refractivity contribution is 1.12. The van der Waals surface area contributed by atoms with Gasteiger partial charge in [-0.25, -0.2) is 0 Å². The van der Waals surface area contributed by atoms with Gasteiger partial charge in [0, 0.05) is 11.1 Å². The monoisotopic (exact) mass is 230 g/mol. The number of benzene rings is 2. The number of hydrogen-bond acceptors (Lipinski definition) is 0. The first kappa shape index (κ1) is 10.9. The highest BCUT2D eigenvalue weighted by molar-refractivity contribution is 5.46. The van der Waals surface area contributed by atoms with Crippen molar-refractivity contribution in [2.75, 3.05) is 0 Å². The Morgan fingerprint density at radius 3 is 2.22 bits per heavy atom. The van der Waals surface area contributed by atoms with Crippen LogP contribution in [0.1, 0.15) is 24.0 Å². The fourth-order valence-electron chi connectivity index (χ4n) is 2.16. The van der Waals surface area contributed by atoms with Crippen LogP contribution in [0.25, 0.3) is 12.2 Å². The fourth-order valence-corrected chi connectivity index (χ4v) is 2.16. The van der Waals surface area contributed by atoms with Crippen LogP contribution in [0.5, 0.6) is 0 Å². The summed E-state index contributed by atoms with van der Waals surface area (Å²) in [6.07, 6.45) is 6.89. The average molecular weight is 230 g/mol. The van der Waals surface area contributed by atoms with Gasteiger partial charge in [0.05, 0.1) is 0 Å². The molecule has 1 aliphatic carbocycles. The van der Waals surface area contributed by atoms with Gasteiger partial charge in [0.25, 0.3) is 0 Å². The van der Waals surface area contributed by atoms with Crippen LogP contribution < -0.4 is 10.4 Å². The van der Waals surface area contributed by atoms with Gasteiger partial charge in [-0.2, -0.15) is 0 Å². The Hall–Kier alpha value is -2.26. The van der Waals surface area contributed by atoms with Crippen molar-refractivity contribution in [3.63, 3.8) is 0 Å². The molecule has 1 aliphatic rings. The highest BCUT2D eigenvalue weighted by atomic mass is 14.0. The van der Waals surface area contributed by atoms with Gasteiger partial charge < -0.3 is 0 Å². The molecule has 0 heterocycles. The molecule has 0 N–H and O–H groups in total. The molecular formula is C18H14. The van der Waals surface area contributed by atoms with E-state index in [0.717, 1.165) is 24.0 Å². The topological polar surface area (TPSA) is 0 Å². The molecule has 0 nitrogen and oxygen atoms in total. The van der Waals surface area contributed by atoms with Crippen molar-refractivity contribution >= 4 is 12.2 Å². The van der Waals surface area contributed by atoms with Crippen LogP contribution in [0, 0.1) is 11.8 Å². The van der Waals surface area contributed by atoms with E-state index in [4.69, 9.17) is 0 Å². The largest absolute Gasteiger partial charge is 0.0764 e. The molecule has 0 fully saturated rings. The summed E-state index contributed by atoms with van der Waals surface area (Å²) < 4.78 is 0. The molecule has 86 valence electrons. The van der Waals surface area contributed by atoms with Gasteiger partial charge in [-0.15, -0.1) is 0 Å². The molecule has 3 rings (SSSR count). The molecule has 0 bridgehead atoms. The highest BCUT2D eigenvalue weighted by Gasteiger charge is 1.94. The Balaban J connectivity index is 1.98. The number of rotatable bonds is 0. The zero-order valence-electron chi connectivity index (χ0n) is 10.2. The zero-order chi connectivity index (χ0) is 12.2. The van der Waals surface area contributed by atoms with Gasteiger partial charge in [0.15, 0.2) is 0 Å². The van der Waals surface area contributed by atoms with Gasteiger partial charge >= 0.3 is 0 Å². The van der Waals surface area contributed by atoms with Gasteiger partial charge in [-0.05, 0) is 47.5 Å². The molecule has 2 aromatic rings. The summed E-state index contributed by atoms with van der Waals surface area (Å²) in [6.45, 7) is 0. The SMILES string of the molecule is C(#Cc1ccc2c(c1)=CCCC=2)c1ccccc1. The quantitative estimate of drug-likeness (QED) is 0.610. The third-order valence-electron chi connectivity index (χ3n) is 3.11. The first-order valence-corrected chi connectivity index (χ1v) is 6.29. The lowest BCUT2D eigenvalue weighted by atomic mass is 10.1. The molecule has 0 aromatic heterocycles. The second kappa shape index (κ2) is 4.94. The van der Waals surface area contributed by atoms with E-state index in [1.165, 1.54) is 10.4 Å². The molecular weight excluding hydrogens is 216 g/mol. The van der Waals surface area contributed by atoms with Crippen LogP contribution in [-0.2, 0) is 0 Å². The Morgan fingerprint density at radius 2 is 1.39 bits per heavy atom. The molecule has 2 aromatic carbocycles. The molecule has 0 amide bonds. The molecule has 18 heavy (non-hydrogen) atoms. The minimum absolute atomic E-state index is 1.06. The molecule has 0 spiro atoms. The zero-order valence-corrected chi connectivity index (χ0v) is 10.2. The van der Waals surface area contributed by atoms with E-state index in [2.05, 4.69) is 42.2 Å². The van der Waals surface area contributed by atoms with Gasteiger partial charge in [-0.3, -0.25) is 0 Å². The van der Waals surface area contributed by atoms with Crippen molar-refractivity contribution in [1.82, 2.24) is 0 Å². The van der Waals surface area contributed by atoms with Gasteiger partial charge in [0.2, 0.25) is 0 Å². The predicted octanol–water partition coefficient (Wildman–Crippen LogP) is 2.44. The van der Waals surface area contributed by atoms with E-state index in [1.807, 2.05) is 30.3 Å². The van der Waals surface area contributed by atoms with Crippen molar-refractivity contribution in [2.45, 2.75) is 12.8 Å². The molecule has 0 atom stereocenters.